The van der Waals surface area contributed by atoms with Crippen molar-refractivity contribution in [3.8, 4) is 0 Å². The molecule has 3 rings (SSSR count). The molecule has 1 heteroatoms. The van der Waals surface area contributed by atoms with Crippen molar-refractivity contribution in [3.05, 3.63) is 70.6 Å². The van der Waals surface area contributed by atoms with Crippen LogP contribution >= 0.6 is 11.3 Å². The van der Waals surface area contributed by atoms with Crippen molar-refractivity contribution in [1.82, 2.24) is 0 Å². The highest BCUT2D eigenvalue weighted by Crippen LogP contribution is 2.26. The molecule has 0 aliphatic carbocycles. The standard InChI is InChI=1S/C17H15S/c1-2-13-7-9-14(10-8-13)11-15-12-18-17-6-4-3-5-16(15)17/h3-10H,2,11H2,1H3. The minimum absolute atomic E-state index is 0.980. The molecular formula is C17H15S. The van der Waals surface area contributed by atoms with Crippen molar-refractivity contribution in [3.63, 3.8) is 0 Å². The lowest BCUT2D eigenvalue weighted by molar-refractivity contribution is 1.12. The average molecular weight is 251 g/mol. The number of hydrogen-bond acceptors (Lipinski definition) is 1. The van der Waals surface area contributed by atoms with Crippen molar-refractivity contribution < 1.29 is 0 Å². The number of aryl methyl sites for hydroxylation is 1. The maximum absolute atomic E-state index is 3.43. The van der Waals surface area contributed by atoms with Gasteiger partial charge in [-0.1, -0.05) is 49.4 Å². The summed E-state index contributed by atoms with van der Waals surface area (Å²) in [7, 11) is 0. The van der Waals surface area contributed by atoms with Gasteiger partial charge in [-0.15, -0.1) is 11.3 Å². The van der Waals surface area contributed by atoms with Gasteiger partial charge in [-0.05, 0) is 41.0 Å². The molecule has 0 saturated carbocycles. The van der Waals surface area contributed by atoms with E-state index in [1.54, 1.807) is 11.3 Å². The lowest BCUT2D eigenvalue weighted by Crippen LogP contribution is -1.88. The number of benzene rings is 2. The lowest BCUT2D eigenvalue weighted by Gasteiger charge is -2.02. The van der Waals surface area contributed by atoms with E-state index < -0.39 is 0 Å². The van der Waals surface area contributed by atoms with Crippen LogP contribution in [0.25, 0.3) is 10.1 Å². The topological polar surface area (TPSA) is 0 Å². The average Bonchev–Trinajstić information content (AvgIpc) is 2.83. The third-order valence-corrected chi connectivity index (χ3v) is 4.23. The number of thiophene rings is 1. The van der Waals surface area contributed by atoms with Crippen LogP contribution in [0.1, 0.15) is 23.6 Å². The number of fused-ring (bicyclic) bond motifs is 1. The SMILES string of the molecule is CCc1ccc(Cc2[c]sc3ccccc23)cc1. The second-order valence-corrected chi connectivity index (χ2v) is 5.37. The first-order valence-electron chi connectivity index (χ1n) is 6.32. The summed E-state index contributed by atoms with van der Waals surface area (Å²) in [6.45, 7) is 2.19. The largest absolute Gasteiger partial charge is 0.134 e. The molecule has 1 aromatic heterocycles. The van der Waals surface area contributed by atoms with Gasteiger partial charge in [0.05, 0.1) is 0 Å². The van der Waals surface area contributed by atoms with Gasteiger partial charge in [0.15, 0.2) is 0 Å². The van der Waals surface area contributed by atoms with Crippen LogP contribution in [0.3, 0.4) is 0 Å². The van der Waals surface area contributed by atoms with Gasteiger partial charge < -0.3 is 0 Å². The second kappa shape index (κ2) is 4.95. The summed E-state index contributed by atoms with van der Waals surface area (Å²) in [6, 6.07) is 17.5. The highest BCUT2D eigenvalue weighted by Gasteiger charge is 2.04. The first-order chi connectivity index (χ1) is 8.86. The van der Waals surface area contributed by atoms with Crippen molar-refractivity contribution in [1.29, 1.82) is 0 Å². The highest BCUT2D eigenvalue weighted by atomic mass is 32.1. The normalized spacial score (nSPS) is 10.9. The molecule has 0 atom stereocenters. The van der Waals surface area contributed by atoms with E-state index in [1.807, 2.05) is 0 Å². The Labute approximate surface area is 112 Å². The molecule has 0 N–H and O–H groups in total. The molecule has 3 aromatic rings. The van der Waals surface area contributed by atoms with Crippen LogP contribution in [0.5, 0.6) is 0 Å². The van der Waals surface area contributed by atoms with Crippen LogP contribution < -0.4 is 0 Å². The Morgan fingerprint density at radius 1 is 0.944 bits per heavy atom. The fraction of sp³-hybridized carbons (Fsp3) is 0.176. The molecule has 89 valence electrons. The van der Waals surface area contributed by atoms with E-state index in [9.17, 15) is 0 Å². The molecule has 0 fully saturated rings. The van der Waals surface area contributed by atoms with E-state index in [-0.39, 0.29) is 0 Å². The van der Waals surface area contributed by atoms with Crippen LogP contribution in [0.2, 0.25) is 0 Å². The highest BCUT2D eigenvalue weighted by molar-refractivity contribution is 7.16. The lowest BCUT2D eigenvalue weighted by atomic mass is 10.0. The first-order valence-corrected chi connectivity index (χ1v) is 7.14. The Morgan fingerprint density at radius 3 is 2.44 bits per heavy atom. The molecule has 0 bridgehead atoms. The van der Waals surface area contributed by atoms with Gasteiger partial charge >= 0.3 is 0 Å². The predicted octanol–water partition coefficient (Wildman–Crippen LogP) is 4.85. The third-order valence-electron chi connectivity index (χ3n) is 3.31. The molecule has 0 spiro atoms. The zero-order valence-corrected chi connectivity index (χ0v) is 11.3. The van der Waals surface area contributed by atoms with Crippen LogP contribution in [0.4, 0.5) is 0 Å². The quantitative estimate of drug-likeness (QED) is 0.624. The summed E-state index contributed by atoms with van der Waals surface area (Å²) in [6.07, 6.45) is 2.09. The summed E-state index contributed by atoms with van der Waals surface area (Å²) in [4.78, 5) is 0. The molecule has 0 unspecified atom stereocenters. The van der Waals surface area contributed by atoms with Crippen molar-refractivity contribution in [2.75, 3.05) is 0 Å². The van der Waals surface area contributed by atoms with Gasteiger partial charge in [0.2, 0.25) is 0 Å². The Hall–Kier alpha value is -1.60. The van der Waals surface area contributed by atoms with Gasteiger partial charge in [-0.3, -0.25) is 0 Å². The predicted molar refractivity (Wildman–Crippen MR) is 79.3 cm³/mol. The second-order valence-electron chi connectivity index (χ2n) is 4.53. The number of hydrogen-bond donors (Lipinski definition) is 0. The van der Waals surface area contributed by atoms with Gasteiger partial charge in [-0.25, -0.2) is 0 Å². The summed E-state index contributed by atoms with van der Waals surface area (Å²) in [5, 5.41) is 4.78. The van der Waals surface area contributed by atoms with Crippen molar-refractivity contribution in [2.24, 2.45) is 0 Å². The Morgan fingerprint density at radius 2 is 1.67 bits per heavy atom. The Balaban J connectivity index is 1.91. The maximum Gasteiger partial charge on any atom is 0.0493 e. The molecule has 0 nitrogen and oxygen atoms in total. The Bertz CT molecular complexity index is 647. The fourth-order valence-electron chi connectivity index (χ4n) is 2.20. The van der Waals surface area contributed by atoms with Crippen molar-refractivity contribution in [2.45, 2.75) is 19.8 Å². The van der Waals surface area contributed by atoms with Crippen molar-refractivity contribution >= 4 is 21.4 Å². The summed E-state index contributed by atoms with van der Waals surface area (Å²) in [5.74, 6) is 0. The summed E-state index contributed by atoms with van der Waals surface area (Å²) in [5.41, 5.74) is 4.09. The molecule has 0 aliphatic rings. The van der Waals surface area contributed by atoms with E-state index in [0.29, 0.717) is 0 Å². The molecule has 0 aliphatic heterocycles. The summed E-state index contributed by atoms with van der Waals surface area (Å²) < 4.78 is 1.33. The number of rotatable bonds is 3. The smallest absolute Gasteiger partial charge is 0.0493 e. The molecule has 0 saturated heterocycles. The Kier molecular flexibility index (Phi) is 3.16. The van der Waals surface area contributed by atoms with E-state index in [1.165, 1.54) is 26.8 Å². The fourth-order valence-corrected chi connectivity index (χ4v) is 3.07. The first kappa shape index (κ1) is 11.5. The molecular weight excluding hydrogens is 236 g/mol. The van der Waals surface area contributed by atoms with Gasteiger partial charge in [0.1, 0.15) is 0 Å². The van der Waals surface area contributed by atoms with Crippen LogP contribution in [-0.2, 0) is 12.8 Å². The molecule has 1 radical (unpaired) electrons. The minimum Gasteiger partial charge on any atom is -0.134 e. The van der Waals surface area contributed by atoms with Crippen LogP contribution in [-0.4, -0.2) is 0 Å². The third kappa shape index (κ3) is 2.19. The zero-order valence-electron chi connectivity index (χ0n) is 10.4. The van der Waals surface area contributed by atoms with E-state index >= 15 is 0 Å². The summed E-state index contributed by atoms with van der Waals surface area (Å²) >= 11 is 1.72. The zero-order chi connectivity index (χ0) is 12.4. The van der Waals surface area contributed by atoms with E-state index in [4.69, 9.17) is 0 Å². The van der Waals surface area contributed by atoms with E-state index in [2.05, 4.69) is 60.8 Å². The van der Waals surface area contributed by atoms with Crippen LogP contribution in [0, 0.1) is 5.38 Å². The monoisotopic (exact) mass is 251 g/mol. The minimum atomic E-state index is 0.980. The molecule has 18 heavy (non-hydrogen) atoms. The molecule has 1 heterocycles. The van der Waals surface area contributed by atoms with Crippen LogP contribution in [0.15, 0.2) is 48.5 Å². The van der Waals surface area contributed by atoms with E-state index in [0.717, 1.165) is 12.8 Å². The molecule has 2 aromatic carbocycles. The van der Waals surface area contributed by atoms with Gasteiger partial charge in [-0.2, -0.15) is 0 Å². The molecule has 0 amide bonds. The van der Waals surface area contributed by atoms with Gasteiger partial charge in [0, 0.05) is 10.1 Å². The maximum atomic E-state index is 3.43. The van der Waals surface area contributed by atoms with Gasteiger partial charge in [0.25, 0.3) is 0 Å².